The van der Waals surface area contributed by atoms with E-state index in [9.17, 15) is 19.5 Å². The van der Waals surface area contributed by atoms with Crippen molar-refractivity contribution in [3.05, 3.63) is 67.5 Å². The highest BCUT2D eigenvalue weighted by atomic mass is 32.1. The second-order valence-electron chi connectivity index (χ2n) is 7.80. The zero-order chi connectivity index (χ0) is 22.2. The molecule has 32 heavy (non-hydrogen) atoms. The fourth-order valence-electron chi connectivity index (χ4n) is 4.19. The number of benzene rings is 1. The van der Waals surface area contributed by atoms with Crippen molar-refractivity contribution in [3.8, 4) is 0 Å². The van der Waals surface area contributed by atoms with Gasteiger partial charge in [0.15, 0.2) is 0 Å². The first-order valence-electron chi connectivity index (χ1n) is 10.3. The van der Waals surface area contributed by atoms with E-state index in [-0.39, 0.29) is 12.5 Å². The molecule has 0 spiro atoms. The van der Waals surface area contributed by atoms with Gasteiger partial charge in [-0.1, -0.05) is 6.07 Å². The lowest BCUT2D eigenvalue weighted by molar-refractivity contribution is -0.136. The van der Waals surface area contributed by atoms with Crippen molar-refractivity contribution < 1.29 is 19.5 Å². The summed E-state index contributed by atoms with van der Waals surface area (Å²) in [6.07, 6.45) is 1.18. The molecule has 2 aromatic heterocycles. The fraction of sp³-hybridized carbons (Fsp3) is 0.261. The molecule has 4 heterocycles. The molecule has 164 valence electrons. The fourth-order valence-corrected chi connectivity index (χ4v) is 5.95. The van der Waals surface area contributed by atoms with Gasteiger partial charge in [-0.25, -0.2) is 0 Å². The van der Waals surface area contributed by atoms with Crippen molar-refractivity contribution in [2.75, 3.05) is 16.8 Å². The number of aliphatic hydroxyl groups is 1. The van der Waals surface area contributed by atoms with Gasteiger partial charge in [-0.2, -0.15) is 0 Å². The molecule has 0 aliphatic carbocycles. The van der Waals surface area contributed by atoms with Gasteiger partial charge < -0.3 is 20.6 Å². The van der Waals surface area contributed by atoms with E-state index in [1.165, 1.54) is 22.7 Å². The third kappa shape index (κ3) is 3.94. The molecule has 0 radical (unpaired) electrons. The quantitative estimate of drug-likeness (QED) is 0.503. The van der Waals surface area contributed by atoms with Crippen LogP contribution >= 0.6 is 22.7 Å². The van der Waals surface area contributed by atoms with E-state index in [0.29, 0.717) is 25.1 Å². The maximum Gasteiger partial charge on any atom is 0.313 e. The molecule has 9 heteroatoms. The molecule has 2 aliphatic heterocycles. The number of thiophene rings is 2. The average molecular weight is 468 g/mol. The predicted octanol–water partition coefficient (Wildman–Crippen LogP) is 2.98. The maximum absolute atomic E-state index is 12.4. The molecule has 3 amide bonds. The summed E-state index contributed by atoms with van der Waals surface area (Å²) < 4.78 is 0. The topological polar surface area (TPSA) is 98.7 Å². The molecule has 0 saturated carbocycles. The van der Waals surface area contributed by atoms with Crippen molar-refractivity contribution in [2.24, 2.45) is 0 Å². The van der Waals surface area contributed by atoms with Crippen molar-refractivity contribution >= 4 is 51.8 Å². The SMILES string of the molecule is O=C(NCc1ccc(C(O)c2cccs2)s1)C(=O)Nc1cc2c3c(c1)CCN3C(=O)CC2. The molecule has 1 atom stereocenters. The second kappa shape index (κ2) is 8.50. The molecule has 0 bridgehead atoms. The number of nitrogens with zero attached hydrogens (tertiary/aromatic N) is 1. The first-order chi connectivity index (χ1) is 15.5. The van der Waals surface area contributed by atoms with Gasteiger partial charge in [0, 0.05) is 33.3 Å². The monoisotopic (exact) mass is 467 g/mol. The third-order valence-electron chi connectivity index (χ3n) is 5.70. The van der Waals surface area contributed by atoms with Crippen LogP contribution in [0.3, 0.4) is 0 Å². The summed E-state index contributed by atoms with van der Waals surface area (Å²) in [7, 11) is 0. The summed E-state index contributed by atoms with van der Waals surface area (Å²) in [6.45, 7) is 0.879. The lowest BCUT2D eigenvalue weighted by Crippen LogP contribution is -2.35. The smallest absolute Gasteiger partial charge is 0.313 e. The molecule has 0 saturated heterocycles. The van der Waals surface area contributed by atoms with E-state index >= 15 is 0 Å². The number of aryl methyl sites for hydroxylation is 1. The van der Waals surface area contributed by atoms with Crippen LogP contribution in [-0.2, 0) is 33.8 Å². The van der Waals surface area contributed by atoms with Crippen molar-refractivity contribution in [2.45, 2.75) is 31.9 Å². The summed E-state index contributed by atoms with van der Waals surface area (Å²) in [5, 5.41) is 17.7. The number of carbonyl (C=O) groups excluding carboxylic acids is 3. The number of aliphatic hydroxyl groups excluding tert-OH is 1. The highest BCUT2D eigenvalue weighted by molar-refractivity contribution is 7.12. The van der Waals surface area contributed by atoms with Crippen LogP contribution in [0.5, 0.6) is 0 Å². The van der Waals surface area contributed by atoms with E-state index in [1.807, 2.05) is 46.7 Å². The van der Waals surface area contributed by atoms with E-state index in [2.05, 4.69) is 10.6 Å². The Labute approximate surface area is 192 Å². The molecule has 1 unspecified atom stereocenters. The number of hydrogen-bond donors (Lipinski definition) is 3. The first kappa shape index (κ1) is 20.9. The van der Waals surface area contributed by atoms with E-state index in [0.717, 1.165) is 37.9 Å². The first-order valence-corrected chi connectivity index (χ1v) is 12.0. The van der Waals surface area contributed by atoms with Crippen molar-refractivity contribution in [1.82, 2.24) is 5.32 Å². The van der Waals surface area contributed by atoms with Crippen LogP contribution in [0.15, 0.2) is 41.8 Å². The number of carbonyl (C=O) groups is 3. The summed E-state index contributed by atoms with van der Waals surface area (Å²) in [4.78, 5) is 41.1. The summed E-state index contributed by atoms with van der Waals surface area (Å²) in [6, 6.07) is 11.1. The average Bonchev–Trinajstić information content (AvgIpc) is 3.55. The van der Waals surface area contributed by atoms with E-state index in [1.54, 1.807) is 0 Å². The van der Waals surface area contributed by atoms with Gasteiger partial charge in [-0.05, 0) is 59.7 Å². The lowest BCUT2D eigenvalue weighted by atomic mass is 9.98. The molecule has 5 rings (SSSR count). The van der Waals surface area contributed by atoms with Crippen molar-refractivity contribution in [1.29, 1.82) is 0 Å². The van der Waals surface area contributed by atoms with E-state index < -0.39 is 17.9 Å². The van der Waals surface area contributed by atoms with Gasteiger partial charge >= 0.3 is 11.8 Å². The van der Waals surface area contributed by atoms with Crippen molar-refractivity contribution in [3.63, 3.8) is 0 Å². The van der Waals surface area contributed by atoms with Crippen LogP contribution in [0.2, 0.25) is 0 Å². The highest BCUT2D eigenvalue weighted by Crippen LogP contribution is 2.38. The zero-order valence-electron chi connectivity index (χ0n) is 17.1. The van der Waals surface area contributed by atoms with Crippen LogP contribution in [0, 0.1) is 0 Å². The molecule has 0 fully saturated rings. The van der Waals surface area contributed by atoms with E-state index in [4.69, 9.17) is 0 Å². The van der Waals surface area contributed by atoms with Crippen LogP contribution in [-0.4, -0.2) is 29.4 Å². The standard InChI is InChI=1S/C23H21N3O4S2/c27-19-6-3-13-10-15(11-14-7-8-26(19)20(13)14)25-23(30)22(29)24-12-16-4-5-18(32-16)21(28)17-2-1-9-31-17/h1-2,4-5,9-11,21,28H,3,6-8,12H2,(H,24,29)(H,25,30). The number of nitrogens with one attached hydrogen (secondary N) is 2. The Morgan fingerprint density at radius 2 is 1.88 bits per heavy atom. The zero-order valence-corrected chi connectivity index (χ0v) is 18.7. The minimum absolute atomic E-state index is 0.145. The minimum atomic E-state index is -0.728. The van der Waals surface area contributed by atoms with Gasteiger partial charge in [0.05, 0.1) is 12.2 Å². The normalized spacial score (nSPS) is 15.4. The maximum atomic E-state index is 12.4. The third-order valence-corrected chi connectivity index (χ3v) is 7.77. The Morgan fingerprint density at radius 1 is 1.06 bits per heavy atom. The second-order valence-corrected chi connectivity index (χ2v) is 9.98. The van der Waals surface area contributed by atoms with Crippen LogP contribution in [0.4, 0.5) is 11.4 Å². The molecule has 2 aliphatic rings. The molecular formula is C23H21N3O4S2. The van der Waals surface area contributed by atoms with Gasteiger partial charge in [0.25, 0.3) is 0 Å². The summed E-state index contributed by atoms with van der Waals surface area (Å²) in [5.74, 6) is -1.30. The molecule has 7 nitrogen and oxygen atoms in total. The Hall–Kier alpha value is -3.01. The lowest BCUT2D eigenvalue weighted by Gasteiger charge is -2.25. The number of hydrogen-bond acceptors (Lipinski definition) is 6. The van der Waals surface area contributed by atoms with Crippen LogP contribution < -0.4 is 15.5 Å². The van der Waals surface area contributed by atoms with Gasteiger partial charge in [-0.15, -0.1) is 22.7 Å². The van der Waals surface area contributed by atoms with Gasteiger partial charge in [0.2, 0.25) is 5.91 Å². The minimum Gasteiger partial charge on any atom is -0.382 e. The molecule has 3 N–H and O–H groups in total. The summed E-state index contributed by atoms with van der Waals surface area (Å²) in [5.41, 5.74) is 3.61. The number of anilines is 2. The van der Waals surface area contributed by atoms with Crippen LogP contribution in [0.1, 0.15) is 38.3 Å². The molecule has 1 aromatic carbocycles. The molecular weight excluding hydrogens is 446 g/mol. The number of amides is 3. The highest BCUT2D eigenvalue weighted by Gasteiger charge is 2.31. The Balaban J connectivity index is 1.20. The van der Waals surface area contributed by atoms with Gasteiger partial charge in [0.1, 0.15) is 6.10 Å². The van der Waals surface area contributed by atoms with Gasteiger partial charge in [-0.3, -0.25) is 14.4 Å². The summed E-state index contributed by atoms with van der Waals surface area (Å²) >= 11 is 2.89. The number of rotatable bonds is 5. The Bertz CT molecular complexity index is 1200. The Morgan fingerprint density at radius 3 is 2.66 bits per heavy atom. The van der Waals surface area contributed by atoms with Crippen LogP contribution in [0.25, 0.3) is 0 Å². The largest absolute Gasteiger partial charge is 0.382 e. The molecule has 3 aromatic rings. The Kier molecular flexibility index (Phi) is 5.54. The predicted molar refractivity (Wildman–Crippen MR) is 124 cm³/mol.